The van der Waals surface area contributed by atoms with Crippen LogP contribution in [0.15, 0.2) is 36.5 Å². The van der Waals surface area contributed by atoms with E-state index in [0.29, 0.717) is 19.3 Å². The number of allylic oxidation sites excluding steroid dienone is 6. The Kier molecular flexibility index (Phi) is 61.1. The van der Waals surface area contributed by atoms with Crippen molar-refractivity contribution in [1.82, 2.24) is 0 Å². The predicted molar refractivity (Wildman–Crippen MR) is 321 cm³/mol. The average molecular weight is 1040 g/mol. The van der Waals surface area contributed by atoms with Crippen molar-refractivity contribution in [3.8, 4) is 0 Å². The van der Waals surface area contributed by atoms with Gasteiger partial charge in [0.1, 0.15) is 13.2 Å². The standard InChI is InChI=1S/C68H126O6/c1-4-7-10-13-16-19-22-24-25-26-27-28-29-30-31-32-33-34-35-36-37-38-39-40-41-42-44-46-49-52-55-58-61-67(70)73-64-65(63-72-66(69)60-57-54-51-48-45-21-18-15-12-9-6-3)74-68(71)62-59-56-53-50-47-43-23-20-17-14-11-8-5-2/h11,14-15,18,20,23,65H,4-10,12-13,16-17,19,21-22,24-64H2,1-3H3/b14-11-,18-15-,23-20-. The van der Waals surface area contributed by atoms with Crippen LogP contribution in [-0.4, -0.2) is 37.2 Å². The first-order chi connectivity index (χ1) is 36.5. The van der Waals surface area contributed by atoms with Gasteiger partial charge in [-0.25, -0.2) is 0 Å². The summed E-state index contributed by atoms with van der Waals surface area (Å²) >= 11 is 0. The minimum atomic E-state index is -0.780. The van der Waals surface area contributed by atoms with Crippen LogP contribution in [0.1, 0.15) is 361 Å². The van der Waals surface area contributed by atoms with Gasteiger partial charge in [0.25, 0.3) is 0 Å². The molecule has 1 atom stereocenters. The predicted octanol–water partition coefficient (Wildman–Crippen LogP) is 22.4. The van der Waals surface area contributed by atoms with Crippen LogP contribution in [0, 0.1) is 0 Å². The van der Waals surface area contributed by atoms with Crippen LogP contribution >= 0.6 is 0 Å². The van der Waals surface area contributed by atoms with Crippen LogP contribution in [0.2, 0.25) is 0 Å². The Morgan fingerprint density at radius 3 is 0.851 bits per heavy atom. The molecule has 74 heavy (non-hydrogen) atoms. The van der Waals surface area contributed by atoms with Gasteiger partial charge in [-0.15, -0.1) is 0 Å². The van der Waals surface area contributed by atoms with Gasteiger partial charge in [-0.1, -0.05) is 314 Å². The maximum absolute atomic E-state index is 12.8. The topological polar surface area (TPSA) is 78.9 Å². The summed E-state index contributed by atoms with van der Waals surface area (Å²) in [5.74, 6) is -0.884. The van der Waals surface area contributed by atoms with E-state index in [4.69, 9.17) is 14.2 Å². The van der Waals surface area contributed by atoms with Gasteiger partial charge in [0.15, 0.2) is 6.10 Å². The highest BCUT2D eigenvalue weighted by molar-refractivity contribution is 5.71. The highest BCUT2D eigenvalue weighted by Gasteiger charge is 2.19. The number of esters is 3. The first-order valence-corrected chi connectivity index (χ1v) is 33.0. The van der Waals surface area contributed by atoms with E-state index >= 15 is 0 Å². The van der Waals surface area contributed by atoms with E-state index in [1.807, 2.05) is 0 Å². The third kappa shape index (κ3) is 60.5. The summed E-state index contributed by atoms with van der Waals surface area (Å²) in [5, 5.41) is 0. The second-order valence-electron chi connectivity index (χ2n) is 22.4. The number of unbranched alkanes of at least 4 members (excludes halogenated alkanes) is 44. The molecule has 0 aromatic heterocycles. The lowest BCUT2D eigenvalue weighted by molar-refractivity contribution is -0.167. The van der Waals surface area contributed by atoms with Crippen LogP contribution in [-0.2, 0) is 28.6 Å². The van der Waals surface area contributed by atoms with Gasteiger partial charge in [0, 0.05) is 19.3 Å². The smallest absolute Gasteiger partial charge is 0.306 e. The Hall–Kier alpha value is -2.37. The summed E-state index contributed by atoms with van der Waals surface area (Å²) in [6.07, 6.45) is 77.7. The highest BCUT2D eigenvalue weighted by atomic mass is 16.6. The molecule has 0 aromatic rings. The third-order valence-electron chi connectivity index (χ3n) is 14.8. The van der Waals surface area contributed by atoms with Crippen molar-refractivity contribution in [3.05, 3.63) is 36.5 Å². The van der Waals surface area contributed by atoms with Gasteiger partial charge in [-0.05, 0) is 64.2 Å². The molecule has 1 unspecified atom stereocenters. The second-order valence-corrected chi connectivity index (χ2v) is 22.4. The second kappa shape index (κ2) is 63.2. The van der Waals surface area contributed by atoms with Crippen LogP contribution in [0.25, 0.3) is 0 Å². The lowest BCUT2D eigenvalue weighted by Crippen LogP contribution is -2.30. The molecule has 0 aliphatic carbocycles. The molecule has 6 nitrogen and oxygen atoms in total. The fourth-order valence-corrected chi connectivity index (χ4v) is 9.88. The van der Waals surface area contributed by atoms with Gasteiger partial charge >= 0.3 is 17.9 Å². The van der Waals surface area contributed by atoms with E-state index in [1.165, 1.54) is 225 Å². The van der Waals surface area contributed by atoms with Gasteiger partial charge in [-0.3, -0.25) is 14.4 Å². The van der Waals surface area contributed by atoms with E-state index in [9.17, 15) is 14.4 Å². The molecule has 434 valence electrons. The van der Waals surface area contributed by atoms with Crippen LogP contribution in [0.3, 0.4) is 0 Å². The molecule has 0 bridgehead atoms. The molecule has 0 radical (unpaired) electrons. The summed E-state index contributed by atoms with van der Waals surface area (Å²) in [5.41, 5.74) is 0. The van der Waals surface area contributed by atoms with Crippen molar-refractivity contribution in [2.45, 2.75) is 367 Å². The summed E-state index contributed by atoms with van der Waals surface area (Å²) in [6, 6.07) is 0. The zero-order valence-electron chi connectivity index (χ0n) is 49.9. The number of hydrogen-bond donors (Lipinski definition) is 0. The fraction of sp³-hybridized carbons (Fsp3) is 0.868. The van der Waals surface area contributed by atoms with Crippen molar-refractivity contribution < 1.29 is 28.6 Å². The van der Waals surface area contributed by atoms with Crippen molar-refractivity contribution in [1.29, 1.82) is 0 Å². The third-order valence-corrected chi connectivity index (χ3v) is 14.8. The molecule has 0 aromatic carbocycles. The first kappa shape index (κ1) is 71.6. The van der Waals surface area contributed by atoms with Gasteiger partial charge in [0.2, 0.25) is 0 Å². The molecular formula is C68H126O6. The normalized spacial score (nSPS) is 12.2. The lowest BCUT2D eigenvalue weighted by atomic mass is 10.0. The van der Waals surface area contributed by atoms with Crippen molar-refractivity contribution in [2.75, 3.05) is 13.2 Å². The van der Waals surface area contributed by atoms with E-state index in [-0.39, 0.29) is 31.1 Å². The molecule has 0 rings (SSSR count). The van der Waals surface area contributed by atoms with Gasteiger partial charge < -0.3 is 14.2 Å². The molecule has 0 spiro atoms. The molecule has 6 heteroatoms. The Balaban J connectivity index is 4.02. The van der Waals surface area contributed by atoms with Crippen molar-refractivity contribution in [2.24, 2.45) is 0 Å². The van der Waals surface area contributed by atoms with Crippen molar-refractivity contribution >= 4 is 17.9 Å². The Morgan fingerprint density at radius 2 is 0.527 bits per heavy atom. The maximum atomic E-state index is 12.8. The fourth-order valence-electron chi connectivity index (χ4n) is 9.88. The highest BCUT2D eigenvalue weighted by Crippen LogP contribution is 2.18. The molecule has 0 fully saturated rings. The molecule has 0 aliphatic rings. The minimum absolute atomic E-state index is 0.0771. The zero-order valence-corrected chi connectivity index (χ0v) is 49.9. The molecule has 0 N–H and O–H groups in total. The Labute approximate surface area is 461 Å². The Bertz CT molecular complexity index is 1240. The minimum Gasteiger partial charge on any atom is -0.462 e. The molecular weight excluding hydrogens is 913 g/mol. The monoisotopic (exact) mass is 1040 g/mol. The number of rotatable bonds is 61. The molecule has 0 heterocycles. The first-order valence-electron chi connectivity index (χ1n) is 33.0. The Morgan fingerprint density at radius 1 is 0.270 bits per heavy atom. The number of carbonyl (C=O) groups is 3. The molecule has 0 amide bonds. The SMILES string of the molecule is CCC/C=C\C/C=C\CCCCCCCC(=O)OC(COC(=O)CCCCCCC/C=C\CCCC)COC(=O)CCCCCCCCCCCCCCCCCCCCCCCCCCCCCCCCCC. The largest absolute Gasteiger partial charge is 0.462 e. The van der Waals surface area contributed by atoms with Crippen molar-refractivity contribution in [3.63, 3.8) is 0 Å². The number of hydrogen-bond acceptors (Lipinski definition) is 6. The molecule has 0 saturated heterocycles. The van der Waals surface area contributed by atoms with E-state index < -0.39 is 6.10 Å². The summed E-state index contributed by atoms with van der Waals surface area (Å²) in [6.45, 7) is 6.57. The summed E-state index contributed by atoms with van der Waals surface area (Å²) in [4.78, 5) is 38.1. The zero-order chi connectivity index (χ0) is 53.6. The van der Waals surface area contributed by atoms with Crippen LogP contribution in [0.4, 0.5) is 0 Å². The molecule has 0 saturated carbocycles. The number of ether oxygens (including phenoxy) is 3. The van der Waals surface area contributed by atoms with Crippen LogP contribution in [0.5, 0.6) is 0 Å². The average Bonchev–Trinajstić information content (AvgIpc) is 3.40. The number of carbonyl (C=O) groups excluding carboxylic acids is 3. The van der Waals surface area contributed by atoms with E-state index in [1.54, 1.807) is 0 Å². The maximum Gasteiger partial charge on any atom is 0.306 e. The summed E-state index contributed by atoms with van der Waals surface area (Å²) < 4.78 is 16.9. The van der Waals surface area contributed by atoms with Crippen LogP contribution < -0.4 is 0 Å². The quantitative estimate of drug-likeness (QED) is 0.0261. The summed E-state index contributed by atoms with van der Waals surface area (Å²) in [7, 11) is 0. The van der Waals surface area contributed by atoms with Gasteiger partial charge in [-0.2, -0.15) is 0 Å². The van der Waals surface area contributed by atoms with E-state index in [0.717, 1.165) is 96.3 Å². The van der Waals surface area contributed by atoms with E-state index in [2.05, 4.69) is 57.2 Å². The lowest BCUT2D eigenvalue weighted by Gasteiger charge is -2.18. The molecule has 0 aliphatic heterocycles. The van der Waals surface area contributed by atoms with Gasteiger partial charge in [0.05, 0.1) is 0 Å².